The second kappa shape index (κ2) is 9.32. The van der Waals surface area contributed by atoms with Crippen molar-refractivity contribution in [1.29, 1.82) is 5.26 Å². The number of nitrogens with zero attached hydrogens (tertiary/aromatic N) is 5. The summed E-state index contributed by atoms with van der Waals surface area (Å²) in [5, 5.41) is 18.3. The quantitative estimate of drug-likeness (QED) is 0.573. The molecule has 1 aliphatic rings. The van der Waals surface area contributed by atoms with E-state index in [1.54, 1.807) is 22.8 Å². The number of morpholine rings is 1. The van der Waals surface area contributed by atoms with Crippen LogP contribution in [0.15, 0.2) is 60.7 Å². The van der Waals surface area contributed by atoms with Crippen LogP contribution in [0.4, 0.5) is 10.3 Å². The van der Waals surface area contributed by atoms with Crippen LogP contribution < -0.4 is 4.90 Å². The first-order valence-corrected chi connectivity index (χ1v) is 9.88. The van der Waals surface area contributed by atoms with Gasteiger partial charge < -0.3 is 9.64 Å². The van der Waals surface area contributed by atoms with E-state index >= 15 is 0 Å². The van der Waals surface area contributed by atoms with Gasteiger partial charge in [0.15, 0.2) is 17.5 Å². The zero-order valence-corrected chi connectivity index (χ0v) is 16.7. The zero-order chi connectivity index (χ0) is 21.6. The highest BCUT2D eigenvalue weighted by Crippen LogP contribution is 2.26. The zero-order valence-electron chi connectivity index (χ0n) is 16.7. The predicted molar refractivity (Wildman–Crippen MR) is 113 cm³/mol. The van der Waals surface area contributed by atoms with Crippen molar-refractivity contribution >= 4 is 17.8 Å². The van der Waals surface area contributed by atoms with Crippen LogP contribution in [0.3, 0.4) is 0 Å². The highest BCUT2D eigenvalue weighted by atomic mass is 19.1. The number of ether oxygens (including phenoxy) is 1. The predicted octanol–water partition coefficient (Wildman–Crippen LogP) is 3.13. The lowest BCUT2D eigenvalue weighted by atomic mass is 10.0. The lowest BCUT2D eigenvalue weighted by molar-refractivity contribution is -0.115. The Bertz CT molecular complexity index is 1110. The molecule has 0 amide bonds. The average Bonchev–Trinajstić information content (AvgIpc) is 3.25. The fourth-order valence-corrected chi connectivity index (χ4v) is 3.36. The van der Waals surface area contributed by atoms with Gasteiger partial charge >= 0.3 is 0 Å². The van der Waals surface area contributed by atoms with Crippen LogP contribution in [0, 0.1) is 17.1 Å². The fourth-order valence-electron chi connectivity index (χ4n) is 3.36. The maximum Gasteiger partial charge on any atom is 0.232 e. The maximum absolute atomic E-state index is 13.1. The molecule has 1 unspecified atom stereocenters. The number of carbonyl (C=O) groups is 1. The van der Waals surface area contributed by atoms with Crippen molar-refractivity contribution in [1.82, 2.24) is 14.8 Å². The number of benzene rings is 2. The van der Waals surface area contributed by atoms with Crippen molar-refractivity contribution in [3.63, 3.8) is 0 Å². The van der Waals surface area contributed by atoms with Gasteiger partial charge in [0.2, 0.25) is 5.95 Å². The Morgan fingerprint density at radius 1 is 1.10 bits per heavy atom. The van der Waals surface area contributed by atoms with Gasteiger partial charge in [-0.3, -0.25) is 9.36 Å². The van der Waals surface area contributed by atoms with Crippen molar-refractivity contribution in [3.05, 3.63) is 77.9 Å². The lowest BCUT2D eigenvalue weighted by Gasteiger charge is -2.28. The molecule has 156 valence electrons. The van der Waals surface area contributed by atoms with Crippen molar-refractivity contribution in [2.75, 3.05) is 31.2 Å². The van der Waals surface area contributed by atoms with Gasteiger partial charge in [0.25, 0.3) is 0 Å². The molecule has 0 saturated carbocycles. The minimum atomic E-state index is -1.14. The minimum absolute atomic E-state index is 0.254. The molecule has 2 aromatic carbocycles. The molecular formula is C23H20FN5O2. The summed E-state index contributed by atoms with van der Waals surface area (Å²) in [6, 6.07) is 17.2. The van der Waals surface area contributed by atoms with Crippen LogP contribution in [0.5, 0.6) is 0 Å². The Morgan fingerprint density at radius 3 is 2.48 bits per heavy atom. The van der Waals surface area contributed by atoms with E-state index in [-0.39, 0.29) is 11.6 Å². The van der Waals surface area contributed by atoms with Crippen LogP contribution in [0.2, 0.25) is 0 Å². The summed E-state index contributed by atoms with van der Waals surface area (Å²) in [5.41, 5.74) is 1.42. The molecule has 3 aromatic rings. The summed E-state index contributed by atoms with van der Waals surface area (Å²) in [5.74, 6) is -1.10. The Hall–Kier alpha value is -3.83. The number of hydrogen-bond acceptors (Lipinski definition) is 6. The molecule has 2 heterocycles. The second-order valence-corrected chi connectivity index (χ2v) is 6.98. The SMILES string of the molecule is N#CC(C(=O)/C=C/c1ccc(F)cc1)c1nnc(N2CCOCC2)n1-c1ccccc1. The number of rotatable bonds is 6. The summed E-state index contributed by atoms with van der Waals surface area (Å²) in [6.07, 6.45) is 2.87. The summed E-state index contributed by atoms with van der Waals surface area (Å²) in [6.45, 7) is 2.41. The molecule has 7 nitrogen and oxygen atoms in total. The van der Waals surface area contributed by atoms with Gasteiger partial charge in [0, 0.05) is 13.1 Å². The monoisotopic (exact) mass is 417 g/mol. The van der Waals surface area contributed by atoms with E-state index in [1.807, 2.05) is 35.2 Å². The number of nitriles is 1. The Kier molecular flexibility index (Phi) is 6.15. The van der Waals surface area contributed by atoms with E-state index in [0.717, 1.165) is 5.69 Å². The van der Waals surface area contributed by atoms with Gasteiger partial charge in [-0.1, -0.05) is 36.4 Å². The van der Waals surface area contributed by atoms with Crippen molar-refractivity contribution in [2.24, 2.45) is 0 Å². The smallest absolute Gasteiger partial charge is 0.232 e. The van der Waals surface area contributed by atoms with Gasteiger partial charge in [-0.05, 0) is 35.9 Å². The molecule has 4 rings (SSSR count). The summed E-state index contributed by atoms with van der Waals surface area (Å²) in [7, 11) is 0. The number of allylic oxidation sites excluding steroid dienone is 1. The van der Waals surface area contributed by atoms with E-state index in [4.69, 9.17) is 4.74 Å². The molecule has 8 heteroatoms. The molecule has 0 radical (unpaired) electrons. The van der Waals surface area contributed by atoms with Crippen LogP contribution in [-0.4, -0.2) is 46.9 Å². The Morgan fingerprint density at radius 2 is 1.81 bits per heavy atom. The van der Waals surface area contributed by atoms with Crippen LogP contribution >= 0.6 is 0 Å². The molecule has 1 aromatic heterocycles. The normalized spacial score (nSPS) is 15.0. The van der Waals surface area contributed by atoms with E-state index in [9.17, 15) is 14.4 Å². The minimum Gasteiger partial charge on any atom is -0.378 e. The molecule has 0 bridgehead atoms. The van der Waals surface area contributed by atoms with Crippen molar-refractivity contribution in [3.8, 4) is 11.8 Å². The molecule has 1 atom stereocenters. The largest absolute Gasteiger partial charge is 0.378 e. The Balaban J connectivity index is 1.69. The number of halogens is 1. The molecule has 1 saturated heterocycles. The fraction of sp³-hybridized carbons (Fsp3) is 0.217. The molecular weight excluding hydrogens is 397 g/mol. The molecule has 0 N–H and O–H groups in total. The van der Waals surface area contributed by atoms with Crippen molar-refractivity contribution < 1.29 is 13.9 Å². The molecule has 0 aliphatic carbocycles. The van der Waals surface area contributed by atoms with Crippen molar-refractivity contribution in [2.45, 2.75) is 5.92 Å². The first-order chi connectivity index (χ1) is 15.2. The first-order valence-electron chi connectivity index (χ1n) is 9.88. The number of anilines is 1. The third-order valence-corrected chi connectivity index (χ3v) is 4.96. The number of hydrogen-bond donors (Lipinski definition) is 0. The third-order valence-electron chi connectivity index (χ3n) is 4.96. The maximum atomic E-state index is 13.1. The van der Waals surface area contributed by atoms with Crippen LogP contribution in [0.25, 0.3) is 11.8 Å². The number of ketones is 1. The number of carbonyl (C=O) groups excluding carboxylic acids is 1. The summed E-state index contributed by atoms with van der Waals surface area (Å²) >= 11 is 0. The van der Waals surface area contributed by atoms with E-state index in [1.165, 1.54) is 18.2 Å². The molecule has 1 fully saturated rings. The van der Waals surface area contributed by atoms with Gasteiger partial charge in [0.1, 0.15) is 5.82 Å². The van der Waals surface area contributed by atoms with E-state index < -0.39 is 11.7 Å². The average molecular weight is 417 g/mol. The van der Waals surface area contributed by atoms with Crippen LogP contribution in [-0.2, 0) is 9.53 Å². The first kappa shape index (κ1) is 20.4. The second-order valence-electron chi connectivity index (χ2n) is 6.98. The topological polar surface area (TPSA) is 84.0 Å². The molecule has 0 spiro atoms. The Labute approximate surface area is 179 Å². The third kappa shape index (κ3) is 4.52. The van der Waals surface area contributed by atoms with Gasteiger partial charge in [-0.15, -0.1) is 10.2 Å². The standard InChI is InChI=1S/C23H20FN5O2/c24-18-9-6-17(7-10-18)8-11-21(30)20(16-25)22-26-27-23(28-12-14-31-15-13-28)29(22)19-4-2-1-3-5-19/h1-11,20H,12-15H2/b11-8+. The summed E-state index contributed by atoms with van der Waals surface area (Å²) in [4.78, 5) is 14.9. The lowest BCUT2D eigenvalue weighted by Crippen LogP contribution is -2.38. The highest BCUT2D eigenvalue weighted by Gasteiger charge is 2.29. The van der Waals surface area contributed by atoms with Gasteiger partial charge in [0.05, 0.1) is 25.0 Å². The van der Waals surface area contributed by atoms with E-state index in [0.29, 0.717) is 37.8 Å². The van der Waals surface area contributed by atoms with Gasteiger partial charge in [-0.2, -0.15) is 5.26 Å². The van der Waals surface area contributed by atoms with Gasteiger partial charge in [-0.25, -0.2) is 4.39 Å². The summed E-state index contributed by atoms with van der Waals surface area (Å²) < 4.78 is 20.3. The molecule has 1 aliphatic heterocycles. The number of aromatic nitrogens is 3. The van der Waals surface area contributed by atoms with Crippen LogP contribution in [0.1, 0.15) is 17.3 Å². The molecule has 31 heavy (non-hydrogen) atoms. The highest BCUT2D eigenvalue weighted by molar-refractivity contribution is 6.00. The number of para-hydroxylation sites is 1. The van der Waals surface area contributed by atoms with E-state index in [2.05, 4.69) is 16.3 Å².